The summed E-state index contributed by atoms with van der Waals surface area (Å²) in [6.07, 6.45) is 7.94. The number of hydrogen-bond acceptors (Lipinski definition) is 2. The van der Waals surface area contributed by atoms with Crippen LogP contribution in [-0.4, -0.2) is 11.9 Å². The van der Waals surface area contributed by atoms with Crippen LogP contribution in [0.3, 0.4) is 0 Å². The maximum atomic E-state index is 12.0. The zero-order valence-electron chi connectivity index (χ0n) is 10.8. The van der Waals surface area contributed by atoms with Crippen LogP contribution >= 0.6 is 0 Å². The summed E-state index contributed by atoms with van der Waals surface area (Å²) in [7, 11) is 0. The van der Waals surface area contributed by atoms with Gasteiger partial charge in [-0.1, -0.05) is 42.0 Å². The average Bonchev–Trinajstić information content (AvgIpc) is 2.75. The van der Waals surface area contributed by atoms with Crippen molar-refractivity contribution in [3.8, 4) is 0 Å². The number of rotatable bonds is 2. The van der Waals surface area contributed by atoms with Crippen molar-refractivity contribution in [2.75, 3.05) is 5.32 Å². The van der Waals surface area contributed by atoms with E-state index in [2.05, 4.69) is 23.6 Å². The highest BCUT2D eigenvalue weighted by molar-refractivity contribution is 5.98. The molecule has 3 nitrogen and oxygen atoms in total. The van der Waals surface area contributed by atoms with Crippen LogP contribution in [0, 0.1) is 5.92 Å². The minimum Gasteiger partial charge on any atom is -0.361 e. The van der Waals surface area contributed by atoms with Crippen LogP contribution < -0.4 is 10.6 Å². The highest BCUT2D eigenvalue weighted by Crippen LogP contribution is 2.32. The van der Waals surface area contributed by atoms with E-state index in [1.807, 2.05) is 48.7 Å². The lowest BCUT2D eigenvalue weighted by Crippen LogP contribution is -2.28. The van der Waals surface area contributed by atoms with Crippen LogP contribution in [0.2, 0.25) is 0 Å². The summed E-state index contributed by atoms with van der Waals surface area (Å²) >= 11 is 0. The minimum atomic E-state index is 0.0118. The van der Waals surface area contributed by atoms with E-state index in [4.69, 9.17) is 0 Å². The maximum absolute atomic E-state index is 12.0. The van der Waals surface area contributed by atoms with E-state index in [1.165, 1.54) is 5.57 Å². The van der Waals surface area contributed by atoms with Gasteiger partial charge in [-0.2, -0.15) is 0 Å². The van der Waals surface area contributed by atoms with Crippen molar-refractivity contribution in [2.24, 2.45) is 5.92 Å². The van der Waals surface area contributed by atoms with Gasteiger partial charge in [0.05, 0.1) is 6.04 Å². The second kappa shape index (κ2) is 4.76. The van der Waals surface area contributed by atoms with E-state index in [0.717, 1.165) is 11.3 Å². The lowest BCUT2D eigenvalue weighted by atomic mass is 9.86. The van der Waals surface area contributed by atoms with Gasteiger partial charge < -0.3 is 10.6 Å². The number of nitrogens with one attached hydrogen (secondary N) is 2. The Bertz CT molecular complexity index is 584. The van der Waals surface area contributed by atoms with E-state index in [-0.39, 0.29) is 17.9 Å². The molecule has 2 aliphatic rings. The molecule has 1 saturated heterocycles. The standard InChI is InChI=1S/C16H16N2O/c1-11-6-5-9-14-15(11)13(16(19)18-14)10-17-12-7-3-2-4-8-12/h2-10,14-15,17H,1H3,(H,18,19)/b13-10-. The van der Waals surface area contributed by atoms with Gasteiger partial charge in [-0.05, 0) is 19.1 Å². The van der Waals surface area contributed by atoms with Crippen molar-refractivity contribution in [1.29, 1.82) is 0 Å². The predicted molar refractivity (Wildman–Crippen MR) is 76.5 cm³/mol. The van der Waals surface area contributed by atoms with Crippen LogP contribution in [-0.2, 0) is 4.79 Å². The number of allylic oxidation sites excluding steroid dienone is 2. The van der Waals surface area contributed by atoms with E-state index in [0.29, 0.717) is 0 Å². The first kappa shape index (κ1) is 11.8. The average molecular weight is 252 g/mol. The zero-order valence-corrected chi connectivity index (χ0v) is 10.8. The number of carbonyl (C=O) groups is 1. The Morgan fingerprint density at radius 1 is 1.26 bits per heavy atom. The number of anilines is 1. The third kappa shape index (κ3) is 2.19. The van der Waals surface area contributed by atoms with Crippen molar-refractivity contribution in [3.63, 3.8) is 0 Å². The molecule has 3 heteroatoms. The molecular formula is C16H16N2O. The van der Waals surface area contributed by atoms with Gasteiger partial charge in [0.15, 0.2) is 0 Å². The van der Waals surface area contributed by atoms with Crippen LogP contribution in [0.15, 0.2) is 65.9 Å². The fraction of sp³-hybridized carbons (Fsp3) is 0.188. The molecular weight excluding hydrogens is 236 g/mol. The predicted octanol–water partition coefficient (Wildman–Crippen LogP) is 2.61. The number of amides is 1. The first-order valence-electron chi connectivity index (χ1n) is 6.43. The van der Waals surface area contributed by atoms with Gasteiger partial charge in [0.25, 0.3) is 0 Å². The molecule has 1 fully saturated rings. The molecule has 2 N–H and O–H groups in total. The lowest BCUT2D eigenvalue weighted by molar-refractivity contribution is -0.116. The van der Waals surface area contributed by atoms with Crippen molar-refractivity contribution < 1.29 is 4.79 Å². The van der Waals surface area contributed by atoms with E-state index < -0.39 is 0 Å². The number of fused-ring (bicyclic) bond motifs is 1. The molecule has 0 spiro atoms. The highest BCUT2D eigenvalue weighted by Gasteiger charge is 2.37. The molecule has 1 aromatic carbocycles. The van der Waals surface area contributed by atoms with Gasteiger partial charge in [-0.15, -0.1) is 0 Å². The molecule has 3 rings (SSSR count). The number of carbonyl (C=O) groups excluding carboxylic acids is 1. The van der Waals surface area contributed by atoms with Gasteiger partial charge in [-0.3, -0.25) is 4.79 Å². The van der Waals surface area contributed by atoms with Gasteiger partial charge in [0, 0.05) is 23.4 Å². The molecule has 0 aromatic heterocycles. The smallest absolute Gasteiger partial charge is 0.249 e. The van der Waals surface area contributed by atoms with Gasteiger partial charge in [0.1, 0.15) is 0 Å². The summed E-state index contributed by atoms with van der Waals surface area (Å²) in [5, 5.41) is 6.19. The van der Waals surface area contributed by atoms with Gasteiger partial charge >= 0.3 is 0 Å². The first-order valence-corrected chi connectivity index (χ1v) is 6.43. The van der Waals surface area contributed by atoms with Crippen molar-refractivity contribution in [2.45, 2.75) is 13.0 Å². The minimum absolute atomic E-state index is 0.0118. The fourth-order valence-electron chi connectivity index (χ4n) is 2.62. The van der Waals surface area contributed by atoms with Gasteiger partial charge in [-0.25, -0.2) is 0 Å². The van der Waals surface area contributed by atoms with E-state index in [1.54, 1.807) is 0 Å². The van der Waals surface area contributed by atoms with Crippen LogP contribution in [0.4, 0.5) is 5.69 Å². The first-order chi connectivity index (χ1) is 9.25. The SMILES string of the molecule is CC1=CC=CC2NC(=O)/C(=C\Nc3ccccc3)C12. The molecule has 0 saturated carbocycles. The van der Waals surface area contributed by atoms with E-state index >= 15 is 0 Å². The number of hydrogen-bond donors (Lipinski definition) is 2. The zero-order chi connectivity index (χ0) is 13.2. The highest BCUT2D eigenvalue weighted by atomic mass is 16.2. The topological polar surface area (TPSA) is 41.1 Å². The van der Waals surface area contributed by atoms with E-state index in [9.17, 15) is 4.79 Å². The molecule has 19 heavy (non-hydrogen) atoms. The summed E-state index contributed by atoms with van der Waals surface area (Å²) in [6, 6.07) is 9.95. The summed E-state index contributed by atoms with van der Waals surface area (Å²) in [6.45, 7) is 2.07. The Kier molecular flexibility index (Phi) is 2.95. The Balaban J connectivity index is 1.85. The Hall–Kier alpha value is -2.29. The third-order valence-corrected chi connectivity index (χ3v) is 3.59. The third-order valence-electron chi connectivity index (χ3n) is 3.59. The second-order valence-electron chi connectivity index (χ2n) is 4.88. The van der Waals surface area contributed by atoms with Crippen molar-refractivity contribution in [1.82, 2.24) is 5.32 Å². The lowest BCUT2D eigenvalue weighted by Gasteiger charge is -2.20. The monoisotopic (exact) mass is 252 g/mol. The van der Waals surface area contributed by atoms with Gasteiger partial charge in [0.2, 0.25) is 5.91 Å². The Morgan fingerprint density at radius 3 is 2.84 bits per heavy atom. The normalized spacial score (nSPS) is 26.9. The molecule has 0 bridgehead atoms. The largest absolute Gasteiger partial charge is 0.361 e. The van der Waals surface area contributed by atoms with Crippen LogP contribution in [0.5, 0.6) is 0 Å². The number of para-hydroxylation sites is 1. The summed E-state index contributed by atoms with van der Waals surface area (Å²) in [4.78, 5) is 12.0. The maximum Gasteiger partial charge on any atom is 0.249 e. The number of benzene rings is 1. The molecule has 1 aliphatic heterocycles. The Labute approximate surface area is 112 Å². The molecule has 96 valence electrons. The molecule has 1 aromatic rings. The van der Waals surface area contributed by atoms with Crippen LogP contribution in [0.25, 0.3) is 0 Å². The Morgan fingerprint density at radius 2 is 2.05 bits per heavy atom. The summed E-state index contributed by atoms with van der Waals surface area (Å²) in [5.74, 6) is 0.159. The summed E-state index contributed by atoms with van der Waals surface area (Å²) < 4.78 is 0. The molecule has 1 amide bonds. The summed E-state index contributed by atoms with van der Waals surface area (Å²) in [5.41, 5.74) is 3.00. The van der Waals surface area contributed by atoms with Crippen molar-refractivity contribution in [3.05, 3.63) is 65.9 Å². The second-order valence-corrected chi connectivity index (χ2v) is 4.88. The quantitative estimate of drug-likeness (QED) is 0.794. The van der Waals surface area contributed by atoms with Crippen LogP contribution in [0.1, 0.15) is 6.92 Å². The molecule has 1 aliphatic carbocycles. The molecule has 2 atom stereocenters. The van der Waals surface area contributed by atoms with Crippen molar-refractivity contribution >= 4 is 11.6 Å². The fourth-order valence-corrected chi connectivity index (χ4v) is 2.62. The molecule has 2 unspecified atom stereocenters. The molecule has 1 heterocycles. The molecule has 0 radical (unpaired) electrons.